The summed E-state index contributed by atoms with van der Waals surface area (Å²) in [4.78, 5) is 12.3. The number of nitrogens with two attached hydrogens (primary N) is 1. The number of anilines is 2. The first kappa shape index (κ1) is 31.2. The van der Waals surface area contributed by atoms with Crippen LogP contribution in [0.1, 0.15) is 30.4 Å². The number of methoxy groups -OCH3 is 1. The number of nitriles is 1. The van der Waals surface area contributed by atoms with Gasteiger partial charge in [-0.3, -0.25) is 4.90 Å². The molecule has 238 valence electrons. The minimum atomic E-state index is -5.07. The van der Waals surface area contributed by atoms with Gasteiger partial charge in [-0.25, -0.2) is 8.78 Å². The number of nitrogen functional groups attached to an aromatic ring is 1. The van der Waals surface area contributed by atoms with Crippen molar-refractivity contribution in [2.75, 3.05) is 45.0 Å². The first-order chi connectivity index (χ1) is 21.3. The smallest absolute Gasteiger partial charge is 0.417 e. The van der Waals surface area contributed by atoms with Crippen molar-refractivity contribution >= 4 is 43.1 Å². The van der Waals surface area contributed by atoms with Crippen LogP contribution in [-0.2, 0) is 10.9 Å². The molecule has 0 spiro atoms. The van der Waals surface area contributed by atoms with Crippen LogP contribution in [0.15, 0.2) is 18.2 Å². The molecule has 2 unspecified atom stereocenters. The van der Waals surface area contributed by atoms with Gasteiger partial charge in [0.2, 0.25) is 0 Å². The van der Waals surface area contributed by atoms with Gasteiger partial charge in [0.05, 0.1) is 28.0 Å². The predicted molar refractivity (Wildman–Crippen MR) is 159 cm³/mol. The number of rotatable bonds is 7. The summed E-state index contributed by atoms with van der Waals surface area (Å²) in [6.07, 6.45) is -4.30. The van der Waals surface area contributed by atoms with Gasteiger partial charge in [0.1, 0.15) is 34.8 Å². The Balaban J connectivity index is 1.58. The second-order valence-electron chi connectivity index (χ2n) is 11.5. The predicted octanol–water partition coefficient (Wildman–Crippen LogP) is 5.32. The maximum Gasteiger partial charge on any atom is 0.417 e. The molecule has 6 rings (SSSR count). The van der Waals surface area contributed by atoms with Gasteiger partial charge in [-0.05, 0) is 44.0 Å². The molecule has 4 aromatic rings. The van der Waals surface area contributed by atoms with Gasteiger partial charge in [0.25, 0.3) is 0 Å². The number of ether oxygens (including phenoxy) is 2. The fraction of sp³-hybridized carbons (Fsp3) is 0.433. The summed E-state index contributed by atoms with van der Waals surface area (Å²) in [6, 6.07) is 3.92. The largest absolute Gasteiger partial charge is 0.462 e. The number of aromatic nitrogens is 2. The number of halogens is 5. The SMILES string of the molecule is COC1CC(COc2nc(N(C)C3CC(O)C3)c3cc(C(F)(F)F)c(-c4ccc(F)c5sc(N)c(C#N)c45)c(F)c3n2)N(C)C1. The summed E-state index contributed by atoms with van der Waals surface area (Å²) in [7, 11) is 5.12. The quantitative estimate of drug-likeness (QED) is 0.257. The molecule has 0 radical (unpaired) electrons. The molecule has 2 atom stereocenters. The summed E-state index contributed by atoms with van der Waals surface area (Å²) < 4.78 is 87.0. The van der Waals surface area contributed by atoms with Crippen LogP contribution >= 0.6 is 11.3 Å². The Morgan fingerprint density at radius 1 is 1.22 bits per heavy atom. The Morgan fingerprint density at radius 2 is 1.96 bits per heavy atom. The van der Waals surface area contributed by atoms with Gasteiger partial charge in [0.15, 0.2) is 5.82 Å². The molecule has 45 heavy (non-hydrogen) atoms. The number of likely N-dealkylation sites (tertiary alicyclic amines) is 1. The van der Waals surface area contributed by atoms with Gasteiger partial charge in [0, 0.05) is 49.1 Å². The molecule has 1 aliphatic heterocycles. The zero-order valence-corrected chi connectivity index (χ0v) is 25.3. The number of likely N-dealkylation sites (N-methyl/N-ethyl adjacent to an activating group) is 1. The number of fused-ring (bicyclic) bond motifs is 2. The van der Waals surface area contributed by atoms with E-state index in [-0.39, 0.29) is 68.2 Å². The van der Waals surface area contributed by atoms with Gasteiger partial charge in [-0.15, -0.1) is 11.3 Å². The standard InChI is InChI=1S/C30H29F5N6O3S/c1-40-11-16(43-3)8-14(40)12-44-29-38-25-18(28(39-29)41(2)13-6-15(42)7-13)9-20(30(33,34)35)23(24(25)32)17-4-5-21(31)26-22(17)19(10-36)27(37)45-26/h4-5,9,13-16,42H,6-8,11-12,37H2,1-3H3. The lowest BCUT2D eigenvalue weighted by Gasteiger charge is -2.39. The zero-order chi connectivity index (χ0) is 32.4. The second kappa shape index (κ2) is 11.5. The van der Waals surface area contributed by atoms with E-state index >= 15 is 4.39 Å². The van der Waals surface area contributed by atoms with Crippen molar-refractivity contribution in [3.05, 3.63) is 41.0 Å². The average molecular weight is 649 g/mol. The first-order valence-electron chi connectivity index (χ1n) is 14.1. The van der Waals surface area contributed by atoms with Crippen LogP contribution in [0.3, 0.4) is 0 Å². The van der Waals surface area contributed by atoms with Crippen molar-refractivity contribution < 1.29 is 36.5 Å². The lowest BCUT2D eigenvalue weighted by molar-refractivity contribution is -0.137. The molecule has 9 nitrogen and oxygen atoms in total. The van der Waals surface area contributed by atoms with E-state index in [0.717, 1.165) is 18.2 Å². The molecule has 1 saturated carbocycles. The average Bonchev–Trinajstić information content (AvgIpc) is 3.52. The molecule has 2 aromatic heterocycles. The van der Waals surface area contributed by atoms with E-state index in [2.05, 4.69) is 9.97 Å². The highest BCUT2D eigenvalue weighted by molar-refractivity contribution is 7.23. The highest BCUT2D eigenvalue weighted by Gasteiger charge is 2.40. The van der Waals surface area contributed by atoms with E-state index in [9.17, 15) is 27.9 Å². The minimum absolute atomic E-state index is 0.000797. The number of alkyl halides is 3. The number of hydrogen-bond donors (Lipinski definition) is 2. The fourth-order valence-electron chi connectivity index (χ4n) is 6.13. The van der Waals surface area contributed by atoms with Crippen LogP contribution in [0.25, 0.3) is 32.1 Å². The van der Waals surface area contributed by atoms with Crippen LogP contribution < -0.4 is 15.4 Å². The third-order valence-electron chi connectivity index (χ3n) is 8.75. The second-order valence-corrected chi connectivity index (χ2v) is 12.5. The Bertz CT molecular complexity index is 1840. The van der Waals surface area contributed by atoms with Crippen molar-refractivity contribution in [2.45, 2.75) is 49.7 Å². The van der Waals surface area contributed by atoms with Crippen molar-refractivity contribution in [2.24, 2.45) is 0 Å². The summed E-state index contributed by atoms with van der Waals surface area (Å²) in [6.45, 7) is 0.782. The summed E-state index contributed by atoms with van der Waals surface area (Å²) in [5.74, 6) is -2.15. The maximum absolute atomic E-state index is 16.8. The van der Waals surface area contributed by atoms with Gasteiger partial charge >= 0.3 is 12.2 Å². The highest BCUT2D eigenvalue weighted by Crippen LogP contribution is 2.48. The molecule has 2 aliphatic rings. The van der Waals surface area contributed by atoms with Crippen molar-refractivity contribution in [3.8, 4) is 23.2 Å². The molecule has 3 N–H and O–H groups in total. The summed E-state index contributed by atoms with van der Waals surface area (Å²) >= 11 is 0.694. The Morgan fingerprint density at radius 3 is 2.58 bits per heavy atom. The molecule has 0 bridgehead atoms. The van der Waals surface area contributed by atoms with E-state index in [1.54, 1.807) is 19.1 Å². The van der Waals surface area contributed by atoms with E-state index in [1.165, 1.54) is 0 Å². The summed E-state index contributed by atoms with van der Waals surface area (Å²) in [5, 5.41) is 19.1. The topological polar surface area (TPSA) is 121 Å². The molecule has 2 aromatic carbocycles. The molecule has 1 saturated heterocycles. The third-order valence-corrected chi connectivity index (χ3v) is 9.78. The molecule has 2 fully saturated rings. The number of aliphatic hydroxyl groups excluding tert-OH is 1. The highest BCUT2D eigenvalue weighted by atomic mass is 32.1. The molecule has 1 aliphatic carbocycles. The van der Waals surface area contributed by atoms with Gasteiger partial charge in [-0.2, -0.15) is 28.4 Å². The minimum Gasteiger partial charge on any atom is -0.462 e. The molecule has 3 heterocycles. The lowest BCUT2D eigenvalue weighted by atomic mass is 9.88. The Labute approximate surface area is 258 Å². The van der Waals surface area contributed by atoms with Crippen molar-refractivity contribution in [1.29, 1.82) is 5.26 Å². The fourth-order valence-corrected chi connectivity index (χ4v) is 7.08. The monoisotopic (exact) mass is 648 g/mol. The van der Waals surface area contributed by atoms with Gasteiger partial charge in [-0.1, -0.05) is 6.07 Å². The van der Waals surface area contributed by atoms with Crippen LogP contribution in [0.4, 0.5) is 32.8 Å². The van der Waals surface area contributed by atoms with Crippen LogP contribution in [0, 0.1) is 23.0 Å². The number of thiophene rings is 1. The molecule has 15 heteroatoms. The summed E-state index contributed by atoms with van der Waals surface area (Å²) in [5.41, 5.74) is 2.62. The first-order valence-corrected chi connectivity index (χ1v) is 14.9. The van der Waals surface area contributed by atoms with E-state index in [4.69, 9.17) is 15.2 Å². The zero-order valence-electron chi connectivity index (χ0n) is 24.5. The normalized spacial score (nSPS) is 22.1. The van der Waals surface area contributed by atoms with Crippen molar-refractivity contribution in [3.63, 3.8) is 0 Å². The van der Waals surface area contributed by atoms with Gasteiger partial charge < -0.3 is 25.2 Å². The number of benzene rings is 2. The Kier molecular flexibility index (Phi) is 7.97. The molecular formula is C30H29F5N6O3S. The lowest BCUT2D eigenvalue weighted by Crippen LogP contribution is -2.45. The van der Waals surface area contributed by atoms with Crippen molar-refractivity contribution in [1.82, 2.24) is 14.9 Å². The number of aliphatic hydroxyl groups is 1. The van der Waals surface area contributed by atoms with E-state index < -0.39 is 40.6 Å². The third kappa shape index (κ3) is 5.39. The van der Waals surface area contributed by atoms with Crippen LogP contribution in [-0.4, -0.2) is 78.6 Å². The number of hydrogen-bond acceptors (Lipinski definition) is 10. The van der Waals surface area contributed by atoms with Crippen LogP contribution in [0.2, 0.25) is 0 Å². The maximum atomic E-state index is 16.8. The van der Waals surface area contributed by atoms with E-state index in [0.29, 0.717) is 37.1 Å². The molecule has 0 amide bonds. The molecular weight excluding hydrogens is 619 g/mol. The van der Waals surface area contributed by atoms with E-state index in [1.807, 2.05) is 18.0 Å². The Hall–Kier alpha value is -3.84. The van der Waals surface area contributed by atoms with Crippen LogP contribution in [0.5, 0.6) is 6.01 Å². The number of nitrogens with zero attached hydrogens (tertiary/aromatic N) is 5.